The summed E-state index contributed by atoms with van der Waals surface area (Å²) in [6.07, 6.45) is 3.24. The Balaban J connectivity index is 1.94. The molecule has 7 heteroatoms. The van der Waals surface area contributed by atoms with Crippen molar-refractivity contribution in [2.75, 3.05) is 0 Å². The smallest absolute Gasteiger partial charge is 0.283 e. The molecule has 0 atom stereocenters. The first kappa shape index (κ1) is 14.8. The van der Waals surface area contributed by atoms with Crippen molar-refractivity contribution in [2.45, 2.75) is 20.0 Å². The molecule has 1 N–H and O–H groups in total. The number of amides is 1. The summed E-state index contributed by atoms with van der Waals surface area (Å²) in [5, 5.41) is 2.67. The summed E-state index contributed by atoms with van der Waals surface area (Å²) in [6, 6.07) is 8.86. The van der Waals surface area contributed by atoms with E-state index in [1.54, 1.807) is 36.7 Å². The van der Waals surface area contributed by atoms with E-state index in [1.165, 1.54) is 4.57 Å². The third-order valence-corrected chi connectivity index (χ3v) is 3.39. The highest BCUT2D eigenvalue weighted by molar-refractivity contribution is 5.93. The second-order valence-electron chi connectivity index (χ2n) is 4.86. The second-order valence-corrected chi connectivity index (χ2v) is 4.86. The molecule has 3 aromatic rings. The van der Waals surface area contributed by atoms with Crippen molar-refractivity contribution >= 4 is 17.1 Å². The molecule has 0 unspecified atom stereocenters. The number of fused-ring (bicyclic) bond motifs is 1. The van der Waals surface area contributed by atoms with Gasteiger partial charge in [-0.05, 0) is 31.2 Å². The quantitative estimate of drug-likeness (QED) is 0.780. The molecular weight excluding hydrogens is 294 g/mol. The van der Waals surface area contributed by atoms with E-state index >= 15 is 0 Å². The van der Waals surface area contributed by atoms with E-state index in [4.69, 9.17) is 0 Å². The van der Waals surface area contributed by atoms with Crippen molar-refractivity contribution in [2.24, 2.45) is 0 Å². The van der Waals surface area contributed by atoms with Crippen molar-refractivity contribution in [1.29, 1.82) is 0 Å². The number of aromatic nitrogens is 4. The van der Waals surface area contributed by atoms with Gasteiger partial charge in [0.15, 0.2) is 11.3 Å². The van der Waals surface area contributed by atoms with Crippen LogP contribution in [0.2, 0.25) is 0 Å². The number of carbonyl (C=O) groups excluding carboxylic acids is 1. The zero-order chi connectivity index (χ0) is 16.2. The Labute approximate surface area is 132 Å². The minimum absolute atomic E-state index is 0.136. The molecule has 0 saturated heterocycles. The molecule has 0 aliphatic rings. The number of hydrogen-bond acceptors (Lipinski definition) is 5. The van der Waals surface area contributed by atoms with Gasteiger partial charge in [0.2, 0.25) is 0 Å². The van der Waals surface area contributed by atoms with E-state index in [1.807, 2.05) is 13.0 Å². The zero-order valence-corrected chi connectivity index (χ0v) is 12.6. The number of rotatable bonds is 4. The minimum Gasteiger partial charge on any atom is -0.345 e. The molecule has 0 bridgehead atoms. The highest BCUT2D eigenvalue weighted by Gasteiger charge is 2.17. The Hall–Kier alpha value is -3.09. The van der Waals surface area contributed by atoms with Gasteiger partial charge in [0.1, 0.15) is 5.52 Å². The molecule has 7 nitrogen and oxygen atoms in total. The van der Waals surface area contributed by atoms with Crippen LogP contribution in [0.25, 0.3) is 11.2 Å². The third kappa shape index (κ3) is 2.94. The lowest BCUT2D eigenvalue weighted by Crippen LogP contribution is -2.34. The fraction of sp³-hybridized carbons (Fsp3) is 0.188. The lowest BCUT2D eigenvalue weighted by atomic mass is 10.3. The van der Waals surface area contributed by atoms with E-state index in [2.05, 4.69) is 20.3 Å². The van der Waals surface area contributed by atoms with Crippen LogP contribution >= 0.6 is 0 Å². The molecule has 3 aromatic heterocycles. The van der Waals surface area contributed by atoms with Gasteiger partial charge in [-0.2, -0.15) is 0 Å². The van der Waals surface area contributed by atoms with Gasteiger partial charge in [0.25, 0.3) is 11.5 Å². The summed E-state index contributed by atoms with van der Waals surface area (Å²) < 4.78 is 1.44. The monoisotopic (exact) mass is 309 g/mol. The number of nitrogens with one attached hydrogen (secondary N) is 1. The van der Waals surface area contributed by atoms with Gasteiger partial charge in [-0.1, -0.05) is 6.07 Å². The molecule has 1 amide bonds. The van der Waals surface area contributed by atoms with Gasteiger partial charge < -0.3 is 5.32 Å². The highest BCUT2D eigenvalue weighted by atomic mass is 16.2. The van der Waals surface area contributed by atoms with Gasteiger partial charge in [0, 0.05) is 18.9 Å². The van der Waals surface area contributed by atoms with Gasteiger partial charge in [-0.15, -0.1) is 0 Å². The van der Waals surface area contributed by atoms with E-state index in [0.717, 1.165) is 0 Å². The first-order valence-electron chi connectivity index (χ1n) is 7.24. The number of nitrogens with zero attached hydrogens (tertiary/aromatic N) is 4. The predicted molar refractivity (Wildman–Crippen MR) is 84.9 cm³/mol. The molecule has 3 rings (SSSR count). The van der Waals surface area contributed by atoms with Crippen LogP contribution in [0.3, 0.4) is 0 Å². The van der Waals surface area contributed by atoms with Crippen LogP contribution in [-0.2, 0) is 13.1 Å². The number of hydrogen-bond donors (Lipinski definition) is 1. The van der Waals surface area contributed by atoms with E-state index in [-0.39, 0.29) is 12.2 Å². The summed E-state index contributed by atoms with van der Waals surface area (Å²) in [5.74, 6) is -0.520. The molecule has 0 saturated carbocycles. The third-order valence-electron chi connectivity index (χ3n) is 3.39. The predicted octanol–water partition coefficient (Wildman–Crippen LogP) is 1.14. The summed E-state index contributed by atoms with van der Waals surface area (Å²) in [6.45, 7) is 2.47. The lowest BCUT2D eigenvalue weighted by molar-refractivity contribution is 0.0943. The SMILES string of the molecule is CCn1c(=O)c(C(=O)NCc2ccccn2)nc2cccnc21. The fourth-order valence-electron chi connectivity index (χ4n) is 2.27. The summed E-state index contributed by atoms with van der Waals surface area (Å²) in [4.78, 5) is 37.2. The van der Waals surface area contributed by atoms with Crippen molar-refractivity contribution < 1.29 is 4.79 Å². The van der Waals surface area contributed by atoms with Crippen LogP contribution in [0.5, 0.6) is 0 Å². The largest absolute Gasteiger partial charge is 0.345 e. The first-order valence-corrected chi connectivity index (χ1v) is 7.24. The molecule has 0 aliphatic heterocycles. The van der Waals surface area contributed by atoms with Crippen molar-refractivity contribution in [3.63, 3.8) is 0 Å². The Morgan fingerprint density at radius 1 is 1.17 bits per heavy atom. The molecule has 23 heavy (non-hydrogen) atoms. The van der Waals surface area contributed by atoms with E-state index in [0.29, 0.717) is 23.4 Å². The Kier molecular flexibility index (Phi) is 4.09. The molecule has 116 valence electrons. The van der Waals surface area contributed by atoms with Crippen LogP contribution in [0, 0.1) is 0 Å². The highest BCUT2D eigenvalue weighted by Crippen LogP contribution is 2.06. The van der Waals surface area contributed by atoms with Crippen LogP contribution in [-0.4, -0.2) is 25.4 Å². The fourth-order valence-corrected chi connectivity index (χ4v) is 2.27. The maximum atomic E-state index is 12.5. The maximum Gasteiger partial charge on any atom is 0.283 e. The van der Waals surface area contributed by atoms with Crippen LogP contribution in [0.15, 0.2) is 47.5 Å². The Bertz CT molecular complexity index is 905. The molecule has 0 fully saturated rings. The number of carbonyl (C=O) groups is 1. The van der Waals surface area contributed by atoms with Crippen LogP contribution in [0.1, 0.15) is 23.1 Å². The number of aryl methyl sites for hydroxylation is 1. The summed E-state index contributed by atoms with van der Waals surface area (Å²) in [5.41, 5.74) is 1.11. The lowest BCUT2D eigenvalue weighted by Gasteiger charge is -2.09. The molecular formula is C16H15N5O2. The molecule has 3 heterocycles. The summed E-state index contributed by atoms with van der Waals surface area (Å²) >= 11 is 0. The van der Waals surface area contributed by atoms with Gasteiger partial charge in [0.05, 0.1) is 12.2 Å². The molecule has 0 aromatic carbocycles. The van der Waals surface area contributed by atoms with E-state index < -0.39 is 11.5 Å². The standard InChI is InChI=1S/C16H15N5O2/c1-2-21-14-12(7-5-9-18-14)20-13(16(21)23)15(22)19-10-11-6-3-4-8-17-11/h3-9H,2,10H2,1H3,(H,19,22). The zero-order valence-electron chi connectivity index (χ0n) is 12.6. The van der Waals surface area contributed by atoms with Crippen molar-refractivity contribution in [3.05, 3.63) is 64.5 Å². The van der Waals surface area contributed by atoms with Gasteiger partial charge >= 0.3 is 0 Å². The van der Waals surface area contributed by atoms with Crippen LogP contribution < -0.4 is 10.9 Å². The Morgan fingerprint density at radius 2 is 2.00 bits per heavy atom. The van der Waals surface area contributed by atoms with Crippen LogP contribution in [0.4, 0.5) is 0 Å². The molecule has 0 spiro atoms. The Morgan fingerprint density at radius 3 is 2.74 bits per heavy atom. The normalized spacial score (nSPS) is 10.7. The summed E-state index contributed by atoms with van der Waals surface area (Å²) in [7, 11) is 0. The number of pyridine rings is 2. The molecule has 0 radical (unpaired) electrons. The average Bonchev–Trinajstić information content (AvgIpc) is 2.60. The second kappa shape index (κ2) is 6.35. The average molecular weight is 309 g/mol. The molecule has 0 aliphatic carbocycles. The topological polar surface area (TPSA) is 89.8 Å². The maximum absolute atomic E-state index is 12.5. The van der Waals surface area contributed by atoms with Crippen molar-refractivity contribution in [3.8, 4) is 0 Å². The minimum atomic E-state index is -0.520. The van der Waals surface area contributed by atoms with E-state index in [9.17, 15) is 9.59 Å². The first-order chi connectivity index (χ1) is 11.2. The van der Waals surface area contributed by atoms with Gasteiger partial charge in [-0.25, -0.2) is 9.97 Å². The van der Waals surface area contributed by atoms with Crippen molar-refractivity contribution in [1.82, 2.24) is 24.8 Å². The van der Waals surface area contributed by atoms with Gasteiger partial charge in [-0.3, -0.25) is 19.1 Å².